The zero-order valence-electron chi connectivity index (χ0n) is 13.2. The van der Waals surface area contributed by atoms with Gasteiger partial charge in [0.1, 0.15) is 5.82 Å². The molecule has 1 aromatic carbocycles. The van der Waals surface area contributed by atoms with E-state index in [4.69, 9.17) is 0 Å². The third kappa shape index (κ3) is 4.26. The van der Waals surface area contributed by atoms with Gasteiger partial charge in [0.2, 0.25) is 5.95 Å². The molecule has 0 bridgehead atoms. The summed E-state index contributed by atoms with van der Waals surface area (Å²) >= 11 is 0. The van der Waals surface area contributed by atoms with Crippen molar-refractivity contribution in [1.82, 2.24) is 15.0 Å². The number of pyridine rings is 1. The van der Waals surface area contributed by atoms with Crippen molar-refractivity contribution in [3.8, 4) is 0 Å². The molecule has 23 heavy (non-hydrogen) atoms. The molecule has 0 saturated heterocycles. The van der Waals surface area contributed by atoms with Gasteiger partial charge in [-0.15, -0.1) is 0 Å². The van der Waals surface area contributed by atoms with E-state index in [1.807, 2.05) is 43.5 Å². The molecule has 5 heteroatoms. The zero-order chi connectivity index (χ0) is 16.1. The lowest BCUT2D eigenvalue weighted by Crippen LogP contribution is -2.06. The molecular formula is C18H19N5. The smallest absolute Gasteiger partial charge is 0.225 e. The van der Waals surface area contributed by atoms with Crippen molar-refractivity contribution in [2.45, 2.75) is 20.4 Å². The number of anilines is 3. The van der Waals surface area contributed by atoms with Crippen LogP contribution in [0, 0.1) is 13.8 Å². The van der Waals surface area contributed by atoms with Crippen LogP contribution in [0.1, 0.15) is 16.8 Å². The second-order valence-electron chi connectivity index (χ2n) is 5.42. The van der Waals surface area contributed by atoms with Gasteiger partial charge in [0.15, 0.2) is 0 Å². The summed E-state index contributed by atoms with van der Waals surface area (Å²) in [5.74, 6) is 1.37. The van der Waals surface area contributed by atoms with Crippen molar-refractivity contribution in [2.75, 3.05) is 10.6 Å². The molecule has 0 atom stereocenters. The molecular weight excluding hydrogens is 286 g/mol. The highest BCUT2D eigenvalue weighted by atomic mass is 15.1. The van der Waals surface area contributed by atoms with Crippen molar-refractivity contribution < 1.29 is 0 Å². The molecule has 2 heterocycles. The summed E-state index contributed by atoms with van der Waals surface area (Å²) in [4.78, 5) is 13.0. The average Bonchev–Trinajstić information content (AvgIpc) is 2.56. The van der Waals surface area contributed by atoms with Crippen LogP contribution in [-0.2, 0) is 6.54 Å². The molecule has 0 unspecified atom stereocenters. The van der Waals surface area contributed by atoms with Gasteiger partial charge in [-0.25, -0.2) is 4.98 Å². The fourth-order valence-electron chi connectivity index (χ4n) is 2.18. The Labute approximate surface area is 135 Å². The van der Waals surface area contributed by atoms with E-state index < -0.39 is 0 Å². The molecule has 0 amide bonds. The van der Waals surface area contributed by atoms with E-state index in [0.29, 0.717) is 12.5 Å². The Hall–Kier alpha value is -2.95. The summed E-state index contributed by atoms with van der Waals surface area (Å²) in [6.45, 7) is 4.66. The molecule has 0 aliphatic carbocycles. The van der Waals surface area contributed by atoms with E-state index in [0.717, 1.165) is 22.8 Å². The highest BCUT2D eigenvalue weighted by Crippen LogP contribution is 2.17. The number of nitrogens with one attached hydrogen (secondary N) is 2. The lowest BCUT2D eigenvalue weighted by atomic mass is 10.2. The van der Waals surface area contributed by atoms with E-state index in [9.17, 15) is 0 Å². The van der Waals surface area contributed by atoms with Crippen LogP contribution < -0.4 is 10.6 Å². The minimum absolute atomic E-state index is 0.600. The Balaban J connectivity index is 1.72. The maximum atomic E-state index is 4.51. The number of hydrogen-bond donors (Lipinski definition) is 2. The third-order valence-electron chi connectivity index (χ3n) is 3.35. The summed E-state index contributed by atoms with van der Waals surface area (Å²) in [5, 5.41) is 6.54. The Morgan fingerprint density at radius 2 is 1.83 bits per heavy atom. The van der Waals surface area contributed by atoms with Gasteiger partial charge >= 0.3 is 0 Å². The number of aromatic nitrogens is 3. The van der Waals surface area contributed by atoms with Gasteiger partial charge in [0, 0.05) is 36.4 Å². The van der Waals surface area contributed by atoms with Crippen molar-refractivity contribution in [3.63, 3.8) is 0 Å². The van der Waals surface area contributed by atoms with Gasteiger partial charge in [-0.1, -0.05) is 23.8 Å². The van der Waals surface area contributed by atoms with Crippen LogP contribution in [0.2, 0.25) is 0 Å². The van der Waals surface area contributed by atoms with Crippen LogP contribution in [0.4, 0.5) is 17.5 Å². The van der Waals surface area contributed by atoms with Crippen LogP contribution in [0.15, 0.2) is 54.9 Å². The minimum Gasteiger partial charge on any atom is -0.350 e. The maximum Gasteiger partial charge on any atom is 0.225 e. The molecule has 2 aromatic heterocycles. The second-order valence-corrected chi connectivity index (χ2v) is 5.42. The van der Waals surface area contributed by atoms with Crippen molar-refractivity contribution >= 4 is 17.5 Å². The standard InChI is InChI=1S/C18H19N5/c1-13-5-7-16(8-6-13)22-17-10-14(2)21-18(23-17)20-12-15-4-3-9-19-11-15/h3-11H,12H2,1-2H3,(H2,20,21,22,23). The summed E-state index contributed by atoms with van der Waals surface area (Å²) < 4.78 is 0. The molecule has 5 nitrogen and oxygen atoms in total. The lowest BCUT2D eigenvalue weighted by molar-refractivity contribution is 1.02. The van der Waals surface area contributed by atoms with Crippen LogP contribution in [0.3, 0.4) is 0 Å². The molecule has 0 aliphatic heterocycles. The second kappa shape index (κ2) is 6.87. The predicted octanol–water partition coefficient (Wildman–Crippen LogP) is 3.84. The van der Waals surface area contributed by atoms with Crippen LogP contribution in [-0.4, -0.2) is 15.0 Å². The molecule has 0 radical (unpaired) electrons. The van der Waals surface area contributed by atoms with Crippen LogP contribution in [0.25, 0.3) is 0 Å². The largest absolute Gasteiger partial charge is 0.350 e. The number of aryl methyl sites for hydroxylation is 2. The van der Waals surface area contributed by atoms with Crippen LogP contribution >= 0.6 is 0 Å². The molecule has 3 aromatic rings. The topological polar surface area (TPSA) is 62.7 Å². The average molecular weight is 305 g/mol. The normalized spacial score (nSPS) is 10.3. The van der Waals surface area contributed by atoms with Gasteiger partial charge in [-0.2, -0.15) is 4.98 Å². The van der Waals surface area contributed by atoms with E-state index >= 15 is 0 Å². The van der Waals surface area contributed by atoms with Gasteiger partial charge in [-0.3, -0.25) is 4.98 Å². The van der Waals surface area contributed by atoms with Crippen molar-refractivity contribution in [3.05, 3.63) is 71.7 Å². The quantitative estimate of drug-likeness (QED) is 0.750. The lowest BCUT2D eigenvalue weighted by Gasteiger charge is -2.10. The van der Waals surface area contributed by atoms with E-state index in [-0.39, 0.29) is 0 Å². The Morgan fingerprint density at radius 1 is 1.00 bits per heavy atom. The van der Waals surface area contributed by atoms with Gasteiger partial charge in [0.05, 0.1) is 0 Å². The first-order chi connectivity index (χ1) is 11.2. The molecule has 116 valence electrons. The Morgan fingerprint density at radius 3 is 2.57 bits per heavy atom. The van der Waals surface area contributed by atoms with Crippen molar-refractivity contribution in [2.24, 2.45) is 0 Å². The number of rotatable bonds is 5. The summed E-state index contributed by atoms with van der Waals surface area (Å²) in [5.41, 5.74) is 4.23. The summed E-state index contributed by atoms with van der Waals surface area (Å²) in [6, 6.07) is 14.1. The summed E-state index contributed by atoms with van der Waals surface area (Å²) in [7, 11) is 0. The maximum absolute atomic E-state index is 4.51. The third-order valence-corrected chi connectivity index (χ3v) is 3.35. The van der Waals surface area contributed by atoms with E-state index in [1.165, 1.54) is 5.56 Å². The molecule has 0 saturated carbocycles. The first kappa shape index (κ1) is 15.0. The van der Waals surface area contributed by atoms with Gasteiger partial charge < -0.3 is 10.6 Å². The van der Waals surface area contributed by atoms with Gasteiger partial charge in [-0.05, 0) is 37.6 Å². The van der Waals surface area contributed by atoms with Gasteiger partial charge in [0.25, 0.3) is 0 Å². The molecule has 0 aliphatic rings. The molecule has 0 spiro atoms. The highest BCUT2D eigenvalue weighted by molar-refractivity contribution is 5.57. The fourth-order valence-corrected chi connectivity index (χ4v) is 2.18. The monoisotopic (exact) mass is 305 g/mol. The molecule has 3 rings (SSSR count). The molecule has 2 N–H and O–H groups in total. The highest BCUT2D eigenvalue weighted by Gasteiger charge is 2.03. The van der Waals surface area contributed by atoms with E-state index in [1.54, 1.807) is 6.20 Å². The first-order valence-corrected chi connectivity index (χ1v) is 7.51. The van der Waals surface area contributed by atoms with Crippen molar-refractivity contribution in [1.29, 1.82) is 0 Å². The predicted molar refractivity (Wildman–Crippen MR) is 92.8 cm³/mol. The van der Waals surface area contributed by atoms with Crippen LogP contribution in [0.5, 0.6) is 0 Å². The Bertz CT molecular complexity index is 769. The summed E-state index contributed by atoms with van der Waals surface area (Å²) in [6.07, 6.45) is 3.59. The van der Waals surface area contributed by atoms with E-state index in [2.05, 4.69) is 44.6 Å². The first-order valence-electron chi connectivity index (χ1n) is 7.51. The zero-order valence-corrected chi connectivity index (χ0v) is 13.2. The molecule has 0 fully saturated rings. The number of nitrogens with zero attached hydrogens (tertiary/aromatic N) is 3. The number of benzene rings is 1. The SMILES string of the molecule is Cc1ccc(Nc2cc(C)nc(NCc3cccnc3)n2)cc1. The number of hydrogen-bond acceptors (Lipinski definition) is 5. The fraction of sp³-hybridized carbons (Fsp3) is 0.167. The Kier molecular flexibility index (Phi) is 4.47. The minimum atomic E-state index is 0.600.